The topological polar surface area (TPSA) is 104 Å². The normalized spacial score (nSPS) is 13.5. The van der Waals surface area contributed by atoms with Crippen molar-refractivity contribution in [2.75, 3.05) is 13.2 Å². The average Bonchev–Trinajstić information content (AvgIpc) is 2.25. The molecule has 0 aliphatic heterocycles. The van der Waals surface area contributed by atoms with Gasteiger partial charge < -0.3 is 0 Å². The predicted molar refractivity (Wildman–Crippen MR) is 60.2 cm³/mol. The van der Waals surface area contributed by atoms with E-state index >= 15 is 0 Å². The zero-order chi connectivity index (χ0) is 13.1. The second kappa shape index (κ2) is 5.86. The van der Waals surface area contributed by atoms with Crippen molar-refractivity contribution in [1.29, 1.82) is 0 Å². The first kappa shape index (κ1) is 14.5. The number of benzene rings is 1. The molecule has 1 atom stereocenters. The SMILES string of the molecule is [Li][c]1cc(S(=O)(=O)O)ccc1OCC(O)CO. The maximum atomic E-state index is 10.9. The molecule has 0 aliphatic carbocycles. The Bertz CT molecular complexity index is 486. The van der Waals surface area contributed by atoms with Crippen LogP contribution in [0.25, 0.3) is 0 Å². The van der Waals surface area contributed by atoms with E-state index in [4.69, 9.17) is 19.5 Å². The van der Waals surface area contributed by atoms with Gasteiger partial charge in [-0.25, -0.2) is 0 Å². The summed E-state index contributed by atoms with van der Waals surface area (Å²) < 4.78 is 36.2. The van der Waals surface area contributed by atoms with Crippen LogP contribution in [-0.4, -0.2) is 60.2 Å². The molecule has 0 radical (unpaired) electrons. The molecular weight excluding hydrogens is 243 g/mol. The van der Waals surface area contributed by atoms with Gasteiger partial charge in [-0.2, -0.15) is 0 Å². The predicted octanol–water partition coefficient (Wildman–Crippen LogP) is -1.54. The summed E-state index contributed by atoms with van der Waals surface area (Å²) in [6, 6.07) is 3.83. The van der Waals surface area contributed by atoms with Crippen molar-refractivity contribution in [2.45, 2.75) is 11.0 Å². The van der Waals surface area contributed by atoms with Crippen molar-refractivity contribution in [2.24, 2.45) is 0 Å². The summed E-state index contributed by atoms with van der Waals surface area (Å²) >= 11 is 1.61. The average molecular weight is 254 g/mol. The zero-order valence-corrected chi connectivity index (χ0v) is 10.0. The van der Waals surface area contributed by atoms with Crippen LogP contribution < -0.4 is 8.97 Å². The van der Waals surface area contributed by atoms with Crippen molar-refractivity contribution >= 4 is 32.1 Å². The van der Waals surface area contributed by atoms with Gasteiger partial charge in [-0.3, -0.25) is 0 Å². The third kappa shape index (κ3) is 4.31. The third-order valence-electron chi connectivity index (χ3n) is 2.09. The number of aliphatic hydroxyl groups excluding tert-OH is 2. The van der Waals surface area contributed by atoms with Gasteiger partial charge in [0.05, 0.1) is 0 Å². The van der Waals surface area contributed by atoms with E-state index in [1.807, 2.05) is 0 Å². The van der Waals surface area contributed by atoms with Crippen molar-refractivity contribution in [3.8, 4) is 5.75 Å². The first-order valence-electron chi connectivity index (χ1n) is 4.84. The van der Waals surface area contributed by atoms with Gasteiger partial charge in [0.25, 0.3) is 0 Å². The molecule has 8 heteroatoms. The van der Waals surface area contributed by atoms with Crippen LogP contribution in [0.4, 0.5) is 0 Å². The summed E-state index contributed by atoms with van der Waals surface area (Å²) in [4.78, 5) is -0.218. The molecule has 0 fully saturated rings. The summed E-state index contributed by atoms with van der Waals surface area (Å²) in [5.74, 6) is 0.380. The van der Waals surface area contributed by atoms with Crippen LogP contribution in [0.2, 0.25) is 0 Å². The number of rotatable bonds is 5. The molecule has 0 heterocycles. The van der Waals surface area contributed by atoms with Gasteiger partial charge in [0, 0.05) is 0 Å². The van der Waals surface area contributed by atoms with E-state index in [9.17, 15) is 8.42 Å². The van der Waals surface area contributed by atoms with Crippen LogP contribution in [0.15, 0.2) is 23.1 Å². The van der Waals surface area contributed by atoms with Gasteiger partial charge in [0.2, 0.25) is 0 Å². The van der Waals surface area contributed by atoms with E-state index in [0.29, 0.717) is 9.99 Å². The molecule has 0 bridgehead atoms. The van der Waals surface area contributed by atoms with Crippen LogP contribution in [0.1, 0.15) is 0 Å². The molecule has 0 amide bonds. The molecule has 0 saturated carbocycles. The summed E-state index contributed by atoms with van der Waals surface area (Å²) in [6.07, 6.45) is -0.990. The molecule has 1 aromatic carbocycles. The molecule has 6 nitrogen and oxygen atoms in total. The quantitative estimate of drug-likeness (QED) is 0.434. The molecule has 90 valence electrons. The zero-order valence-electron chi connectivity index (χ0n) is 9.20. The maximum absolute atomic E-state index is 10.9. The number of aliphatic hydroxyl groups is 2. The molecule has 1 rings (SSSR count). The molecule has 0 aliphatic rings. The van der Waals surface area contributed by atoms with E-state index in [1.54, 1.807) is 17.7 Å². The Morgan fingerprint density at radius 2 is 2.06 bits per heavy atom. The van der Waals surface area contributed by atoms with Gasteiger partial charge in [-0.15, -0.1) is 0 Å². The summed E-state index contributed by atoms with van der Waals surface area (Å²) in [5.41, 5.74) is 0. The second-order valence-electron chi connectivity index (χ2n) is 3.55. The number of ether oxygens (including phenoxy) is 1. The van der Waals surface area contributed by atoms with Gasteiger partial charge >= 0.3 is 108 Å². The van der Waals surface area contributed by atoms with Crippen molar-refractivity contribution in [3.63, 3.8) is 0 Å². The van der Waals surface area contributed by atoms with Crippen LogP contribution in [0, 0.1) is 0 Å². The Morgan fingerprint density at radius 3 is 2.53 bits per heavy atom. The molecule has 17 heavy (non-hydrogen) atoms. The number of hydrogen-bond donors (Lipinski definition) is 3. The van der Waals surface area contributed by atoms with Crippen LogP contribution >= 0.6 is 0 Å². The third-order valence-corrected chi connectivity index (χ3v) is 2.94. The van der Waals surface area contributed by atoms with Crippen LogP contribution in [-0.2, 0) is 10.1 Å². The van der Waals surface area contributed by atoms with Crippen molar-refractivity contribution < 1.29 is 27.9 Å². The van der Waals surface area contributed by atoms with E-state index in [2.05, 4.69) is 0 Å². The fourth-order valence-corrected chi connectivity index (χ4v) is 1.75. The Morgan fingerprint density at radius 1 is 1.41 bits per heavy atom. The van der Waals surface area contributed by atoms with Crippen LogP contribution in [0.5, 0.6) is 5.75 Å². The number of hydrogen-bond acceptors (Lipinski definition) is 5. The van der Waals surface area contributed by atoms with E-state index in [1.165, 1.54) is 18.2 Å². The minimum absolute atomic E-state index is 0.0947. The van der Waals surface area contributed by atoms with E-state index in [-0.39, 0.29) is 11.5 Å². The second-order valence-corrected chi connectivity index (χ2v) is 4.97. The first-order valence-corrected chi connectivity index (χ1v) is 6.28. The molecule has 0 aromatic heterocycles. The van der Waals surface area contributed by atoms with Gasteiger partial charge in [0.1, 0.15) is 0 Å². The van der Waals surface area contributed by atoms with E-state index in [0.717, 1.165) is 0 Å². The summed E-state index contributed by atoms with van der Waals surface area (Å²) in [7, 11) is -4.22. The monoisotopic (exact) mass is 254 g/mol. The van der Waals surface area contributed by atoms with Crippen molar-refractivity contribution in [3.05, 3.63) is 18.2 Å². The Labute approximate surface area is 108 Å². The van der Waals surface area contributed by atoms with E-state index < -0.39 is 22.8 Å². The Hall–Kier alpha value is -0.553. The molecular formula is C9H11LiO6S. The summed E-state index contributed by atoms with van der Waals surface area (Å²) in [5, 5.41) is 17.7. The Kier molecular flexibility index (Phi) is 5.01. The molecule has 0 saturated heterocycles. The molecule has 1 unspecified atom stereocenters. The molecule has 3 N–H and O–H groups in total. The van der Waals surface area contributed by atoms with Gasteiger partial charge in [0.15, 0.2) is 0 Å². The van der Waals surface area contributed by atoms with Crippen molar-refractivity contribution in [1.82, 2.24) is 0 Å². The molecule has 0 spiro atoms. The standard InChI is InChI=1S/C9H11O6S.Li/c10-5-7(11)6-15-8-1-3-9(4-2-8)16(12,13)14;/h1,3-4,7,10-11H,5-6H2,(H,12,13,14);. The molecule has 1 aromatic rings. The fraction of sp³-hybridized carbons (Fsp3) is 0.333. The summed E-state index contributed by atoms with van der Waals surface area (Å²) in [6.45, 7) is -0.509. The minimum atomic E-state index is -4.22. The van der Waals surface area contributed by atoms with Gasteiger partial charge in [-0.05, 0) is 0 Å². The van der Waals surface area contributed by atoms with Gasteiger partial charge in [-0.1, -0.05) is 0 Å². The Balaban J connectivity index is 2.84. The van der Waals surface area contributed by atoms with Crippen LogP contribution in [0.3, 0.4) is 0 Å². The fourth-order valence-electron chi connectivity index (χ4n) is 1.18. The first-order chi connectivity index (χ1) is 7.84.